The number of hydrogen-bond donors (Lipinski definition) is 12. The Morgan fingerprint density at radius 2 is 0.920 bits per heavy atom. The van der Waals surface area contributed by atoms with Gasteiger partial charge in [-0.05, 0) is 70.6 Å². The maximum absolute atomic E-state index is 13.3. The molecule has 0 aromatic heterocycles. The molecule has 0 aliphatic carbocycles. The smallest absolute Gasteiger partial charge is 0.220 e. The molecule has 3 rings (SSSR count). The number of allylic oxidation sites excluding steroid dienone is 9. The van der Waals surface area contributed by atoms with Crippen LogP contribution in [0.15, 0.2) is 60.8 Å². The lowest BCUT2D eigenvalue weighted by Crippen LogP contribution is -2.66. The van der Waals surface area contributed by atoms with Gasteiger partial charge >= 0.3 is 0 Å². The lowest BCUT2D eigenvalue weighted by molar-refractivity contribution is -0.379. The average Bonchev–Trinajstić information content (AvgIpc) is 3.41. The van der Waals surface area contributed by atoms with Gasteiger partial charge in [-0.2, -0.15) is 0 Å². The minimum Gasteiger partial charge on any atom is -0.394 e. The van der Waals surface area contributed by atoms with Crippen molar-refractivity contribution in [1.29, 1.82) is 0 Å². The fraction of sp³-hybridized carbons (Fsp3) is 0.804. The van der Waals surface area contributed by atoms with Crippen molar-refractivity contribution < 1.29 is 89.4 Å². The number of aliphatic hydroxyl groups is 11. The largest absolute Gasteiger partial charge is 0.394 e. The van der Waals surface area contributed by atoms with Crippen LogP contribution in [0, 0.1) is 0 Å². The third-order valence-corrected chi connectivity index (χ3v) is 13.7. The van der Waals surface area contributed by atoms with E-state index in [1.165, 1.54) is 51.4 Å². The lowest BCUT2D eigenvalue weighted by Gasteiger charge is -2.48. The molecule has 19 heteroatoms. The summed E-state index contributed by atoms with van der Waals surface area (Å²) >= 11 is 0. The predicted octanol–water partition coefficient (Wildman–Crippen LogP) is 3.70. The maximum atomic E-state index is 13.3. The van der Waals surface area contributed by atoms with Gasteiger partial charge in [0, 0.05) is 6.42 Å². The molecule has 1 amide bonds. The van der Waals surface area contributed by atoms with Gasteiger partial charge in [0.05, 0.1) is 38.6 Å². The zero-order valence-electron chi connectivity index (χ0n) is 44.8. The summed E-state index contributed by atoms with van der Waals surface area (Å²) in [4.78, 5) is 13.3. The third kappa shape index (κ3) is 24.6. The summed E-state index contributed by atoms with van der Waals surface area (Å²) in [6.07, 6.45) is 16.5. The summed E-state index contributed by atoms with van der Waals surface area (Å²) in [6, 6.07) is -0.998. The third-order valence-electron chi connectivity index (χ3n) is 13.7. The zero-order valence-corrected chi connectivity index (χ0v) is 44.8. The number of unbranched alkanes of at least 4 members (excludes halogenated alkanes) is 15. The molecule has 75 heavy (non-hydrogen) atoms. The van der Waals surface area contributed by atoms with Gasteiger partial charge in [0.1, 0.15) is 73.2 Å². The highest BCUT2D eigenvalue weighted by atomic mass is 16.8. The number of nitrogens with one attached hydrogen (secondary N) is 1. The minimum atomic E-state index is -1.98. The second-order valence-corrected chi connectivity index (χ2v) is 20.0. The van der Waals surface area contributed by atoms with Crippen LogP contribution in [0.1, 0.15) is 155 Å². The Kier molecular flexibility index (Phi) is 35.4. The van der Waals surface area contributed by atoms with Gasteiger partial charge in [-0.15, -0.1) is 0 Å². The number of hydrogen-bond acceptors (Lipinski definition) is 18. The molecule has 0 radical (unpaired) electrons. The molecule has 3 aliphatic heterocycles. The van der Waals surface area contributed by atoms with Crippen LogP contribution in [0.4, 0.5) is 0 Å². The molecule has 19 nitrogen and oxygen atoms in total. The van der Waals surface area contributed by atoms with Crippen LogP contribution in [0.2, 0.25) is 0 Å². The highest BCUT2D eigenvalue weighted by Crippen LogP contribution is 2.33. The van der Waals surface area contributed by atoms with Crippen molar-refractivity contribution in [3.05, 3.63) is 60.8 Å². The van der Waals surface area contributed by atoms with E-state index >= 15 is 0 Å². The lowest BCUT2D eigenvalue weighted by atomic mass is 9.96. The second-order valence-electron chi connectivity index (χ2n) is 20.0. The Balaban J connectivity index is 1.52. The topological polar surface area (TPSA) is 307 Å². The summed E-state index contributed by atoms with van der Waals surface area (Å²) in [5.41, 5.74) is 0. The van der Waals surface area contributed by atoms with E-state index in [1.54, 1.807) is 6.08 Å². The standard InChI is InChI=1S/C56H97NO18/c1-3-5-7-9-11-13-15-16-17-18-19-20-21-22-24-26-28-30-32-34-44(62)57-39(40(61)33-31-29-27-25-23-14-12-10-8-6-4-2)38-70-54-50(68)47(65)52(42(36-59)72-54)75-56-51(69)48(66)53(43(37-60)73-56)74-55-49(67)46(64)45(63)41(35-58)71-55/h8,10-11,13,16-17,23,25,31,33,39-43,45-56,58-61,63-69H,3-7,9,12,14-15,18-22,24,26-30,32,34-38H2,1-2H3,(H,57,62)/b10-8+,13-11-,17-16-,25-23+,33-31+. The van der Waals surface area contributed by atoms with E-state index in [1.807, 2.05) is 6.08 Å². The van der Waals surface area contributed by atoms with Crippen molar-refractivity contribution >= 4 is 5.91 Å². The average molecular weight is 1070 g/mol. The summed E-state index contributed by atoms with van der Waals surface area (Å²) in [6.45, 7) is 1.55. The first kappa shape index (κ1) is 66.8. The van der Waals surface area contributed by atoms with Crippen LogP contribution in [0.3, 0.4) is 0 Å². The molecule has 17 atom stereocenters. The van der Waals surface area contributed by atoms with Crippen LogP contribution in [-0.4, -0.2) is 193 Å². The van der Waals surface area contributed by atoms with Gasteiger partial charge in [-0.1, -0.05) is 139 Å². The molecule has 0 aromatic rings. The summed E-state index contributed by atoms with van der Waals surface area (Å²) in [7, 11) is 0. The Morgan fingerprint density at radius 3 is 1.45 bits per heavy atom. The van der Waals surface area contributed by atoms with Crippen LogP contribution in [-0.2, 0) is 33.2 Å². The summed E-state index contributed by atoms with van der Waals surface area (Å²) in [5.74, 6) is -0.300. The van der Waals surface area contributed by atoms with Gasteiger partial charge in [-0.25, -0.2) is 0 Å². The van der Waals surface area contributed by atoms with Gasteiger partial charge in [0.25, 0.3) is 0 Å². The Hall–Kier alpha value is -2.51. The highest BCUT2D eigenvalue weighted by molar-refractivity contribution is 5.76. The first-order valence-corrected chi connectivity index (χ1v) is 28.0. The van der Waals surface area contributed by atoms with E-state index < -0.39 is 124 Å². The van der Waals surface area contributed by atoms with E-state index in [2.05, 4.69) is 67.8 Å². The van der Waals surface area contributed by atoms with Crippen molar-refractivity contribution in [3.8, 4) is 0 Å². The first-order chi connectivity index (χ1) is 36.3. The number of carbonyl (C=O) groups excluding carboxylic acids is 1. The number of amides is 1. The first-order valence-electron chi connectivity index (χ1n) is 28.0. The fourth-order valence-corrected chi connectivity index (χ4v) is 9.08. The molecule has 0 spiro atoms. The monoisotopic (exact) mass is 1070 g/mol. The van der Waals surface area contributed by atoms with Gasteiger partial charge in [0.15, 0.2) is 18.9 Å². The molecule has 0 bridgehead atoms. The molecule has 3 aliphatic rings. The van der Waals surface area contributed by atoms with Crippen LogP contribution < -0.4 is 5.32 Å². The van der Waals surface area contributed by atoms with Gasteiger partial charge in [-0.3, -0.25) is 4.79 Å². The molecular formula is C56H97NO18. The van der Waals surface area contributed by atoms with Crippen molar-refractivity contribution in [3.63, 3.8) is 0 Å². The maximum Gasteiger partial charge on any atom is 0.220 e. The predicted molar refractivity (Wildman–Crippen MR) is 282 cm³/mol. The molecule has 3 saturated heterocycles. The number of carbonyl (C=O) groups is 1. The van der Waals surface area contributed by atoms with Crippen LogP contribution >= 0.6 is 0 Å². The van der Waals surface area contributed by atoms with Gasteiger partial charge in [0.2, 0.25) is 5.91 Å². The van der Waals surface area contributed by atoms with E-state index in [-0.39, 0.29) is 18.9 Å². The Bertz CT molecular complexity index is 1610. The molecule has 3 fully saturated rings. The van der Waals surface area contributed by atoms with Crippen LogP contribution in [0.25, 0.3) is 0 Å². The molecule has 0 aromatic carbocycles. The SMILES string of the molecule is CCC/C=C/CC/C=C/CC/C=C/C(O)C(COC1OC(CO)C(OC2OC(CO)C(OC3OC(CO)C(O)C(O)C3O)C(O)C2O)C(O)C1O)NC(=O)CCCCCCCCCCC/C=C\C/C=C\CCCCC. The van der Waals surface area contributed by atoms with Crippen molar-refractivity contribution in [2.75, 3.05) is 26.4 Å². The number of ether oxygens (including phenoxy) is 6. The number of aliphatic hydroxyl groups excluding tert-OH is 11. The molecule has 434 valence electrons. The zero-order chi connectivity index (χ0) is 54.8. The fourth-order valence-electron chi connectivity index (χ4n) is 9.08. The molecule has 0 saturated carbocycles. The van der Waals surface area contributed by atoms with E-state index in [0.29, 0.717) is 12.8 Å². The van der Waals surface area contributed by atoms with Crippen molar-refractivity contribution in [2.45, 2.75) is 259 Å². The normalized spacial score (nSPS) is 31.7. The number of rotatable bonds is 39. The van der Waals surface area contributed by atoms with Gasteiger partial charge < -0.3 is 89.9 Å². The minimum absolute atomic E-state index is 0.224. The Labute approximate surface area is 445 Å². The summed E-state index contributed by atoms with van der Waals surface area (Å²) < 4.78 is 34.1. The van der Waals surface area contributed by atoms with Crippen molar-refractivity contribution in [2.24, 2.45) is 0 Å². The van der Waals surface area contributed by atoms with Crippen LogP contribution in [0.5, 0.6) is 0 Å². The molecule has 12 N–H and O–H groups in total. The van der Waals surface area contributed by atoms with Crippen molar-refractivity contribution in [1.82, 2.24) is 5.32 Å². The quantitative estimate of drug-likeness (QED) is 0.0309. The molecule has 3 heterocycles. The second kappa shape index (κ2) is 39.8. The Morgan fingerprint density at radius 1 is 0.480 bits per heavy atom. The molecule has 17 unspecified atom stereocenters. The summed E-state index contributed by atoms with van der Waals surface area (Å²) in [5, 5.41) is 120. The highest BCUT2D eigenvalue weighted by Gasteiger charge is 2.53. The van der Waals surface area contributed by atoms with E-state index in [0.717, 1.165) is 70.6 Å². The van der Waals surface area contributed by atoms with E-state index in [4.69, 9.17) is 28.4 Å². The molecular weight excluding hydrogens is 975 g/mol. The van der Waals surface area contributed by atoms with E-state index in [9.17, 15) is 61.0 Å².